The summed E-state index contributed by atoms with van der Waals surface area (Å²) in [6.45, 7) is 3.74. The number of amides is 1. The van der Waals surface area contributed by atoms with Crippen LogP contribution in [0.2, 0.25) is 0 Å². The summed E-state index contributed by atoms with van der Waals surface area (Å²) in [7, 11) is 0. The molecule has 0 bridgehead atoms. The van der Waals surface area contributed by atoms with Crippen molar-refractivity contribution in [3.8, 4) is 0 Å². The zero-order chi connectivity index (χ0) is 17.8. The van der Waals surface area contributed by atoms with Gasteiger partial charge in [-0.05, 0) is 68.4 Å². The van der Waals surface area contributed by atoms with Gasteiger partial charge < -0.3 is 10.1 Å². The minimum absolute atomic E-state index is 0.352. The quantitative estimate of drug-likeness (QED) is 0.823. The molecule has 2 heterocycles. The van der Waals surface area contributed by atoms with Crippen molar-refractivity contribution < 1.29 is 14.3 Å². The Morgan fingerprint density at radius 2 is 2.12 bits per heavy atom. The standard InChI is InChI=1S/C19H22N2O3S/c1-3-14(18(22)21-17-10-12(2)8-9-20-17)24-19(23)16-11-13-6-4-5-7-15(13)25-16/h8-11,14H,3-7H2,1-2H3,(H,20,21,22). The van der Waals surface area contributed by atoms with Crippen LogP contribution in [0.25, 0.3) is 0 Å². The highest BCUT2D eigenvalue weighted by molar-refractivity contribution is 7.14. The van der Waals surface area contributed by atoms with Crippen molar-refractivity contribution in [1.82, 2.24) is 4.98 Å². The van der Waals surface area contributed by atoms with Crippen molar-refractivity contribution in [2.45, 2.75) is 52.1 Å². The number of aryl methyl sites for hydroxylation is 3. The number of carbonyl (C=O) groups excluding carboxylic acids is 2. The molecule has 1 aliphatic carbocycles. The number of hydrogen-bond acceptors (Lipinski definition) is 5. The van der Waals surface area contributed by atoms with Crippen molar-refractivity contribution in [3.63, 3.8) is 0 Å². The zero-order valence-electron chi connectivity index (χ0n) is 14.5. The first kappa shape index (κ1) is 17.6. The van der Waals surface area contributed by atoms with Gasteiger partial charge in [0.05, 0.1) is 0 Å². The molecular weight excluding hydrogens is 336 g/mol. The van der Waals surface area contributed by atoms with Crippen LogP contribution in [-0.4, -0.2) is 23.0 Å². The fourth-order valence-electron chi connectivity index (χ4n) is 2.91. The predicted molar refractivity (Wildman–Crippen MR) is 98.1 cm³/mol. The highest BCUT2D eigenvalue weighted by Gasteiger charge is 2.25. The van der Waals surface area contributed by atoms with Crippen LogP contribution in [0, 0.1) is 6.92 Å². The van der Waals surface area contributed by atoms with Gasteiger partial charge in [0.1, 0.15) is 10.7 Å². The Morgan fingerprint density at radius 1 is 1.32 bits per heavy atom. The van der Waals surface area contributed by atoms with E-state index in [0.717, 1.165) is 18.4 Å². The number of hydrogen-bond donors (Lipinski definition) is 1. The van der Waals surface area contributed by atoms with E-state index >= 15 is 0 Å². The average Bonchev–Trinajstić information content (AvgIpc) is 3.03. The molecule has 0 spiro atoms. The van der Waals surface area contributed by atoms with Crippen LogP contribution in [0.5, 0.6) is 0 Å². The molecule has 132 valence electrons. The summed E-state index contributed by atoms with van der Waals surface area (Å²) in [4.78, 5) is 30.8. The van der Waals surface area contributed by atoms with Crippen LogP contribution < -0.4 is 5.32 Å². The van der Waals surface area contributed by atoms with Gasteiger partial charge in [0.15, 0.2) is 6.10 Å². The maximum atomic E-state index is 12.4. The third-order valence-electron chi connectivity index (χ3n) is 4.28. The molecule has 0 saturated carbocycles. The van der Waals surface area contributed by atoms with E-state index in [9.17, 15) is 9.59 Å². The fourth-order valence-corrected chi connectivity index (χ4v) is 4.05. The lowest BCUT2D eigenvalue weighted by Gasteiger charge is -2.15. The lowest BCUT2D eigenvalue weighted by molar-refractivity contribution is -0.124. The maximum Gasteiger partial charge on any atom is 0.349 e. The molecule has 0 aromatic carbocycles. The molecule has 0 radical (unpaired) electrons. The normalized spacial score (nSPS) is 14.5. The Morgan fingerprint density at radius 3 is 2.84 bits per heavy atom. The number of ether oxygens (including phenoxy) is 1. The zero-order valence-corrected chi connectivity index (χ0v) is 15.3. The first-order chi connectivity index (χ1) is 12.1. The first-order valence-electron chi connectivity index (χ1n) is 8.63. The molecule has 0 fully saturated rings. The number of thiophene rings is 1. The molecule has 0 saturated heterocycles. The topological polar surface area (TPSA) is 68.3 Å². The van der Waals surface area contributed by atoms with Crippen LogP contribution in [0.15, 0.2) is 24.4 Å². The number of nitrogens with zero attached hydrogens (tertiary/aromatic N) is 1. The fraction of sp³-hybridized carbons (Fsp3) is 0.421. The van der Waals surface area contributed by atoms with E-state index in [1.807, 2.05) is 26.0 Å². The molecule has 2 aromatic rings. The summed E-state index contributed by atoms with van der Waals surface area (Å²) in [5.74, 6) is -0.306. The van der Waals surface area contributed by atoms with Crippen LogP contribution in [0.3, 0.4) is 0 Å². The van der Waals surface area contributed by atoms with Gasteiger partial charge in [-0.3, -0.25) is 4.79 Å². The second-order valence-electron chi connectivity index (χ2n) is 6.28. The van der Waals surface area contributed by atoms with E-state index in [1.54, 1.807) is 12.3 Å². The monoisotopic (exact) mass is 358 g/mol. The number of aromatic nitrogens is 1. The second kappa shape index (κ2) is 7.78. The van der Waals surface area contributed by atoms with Crippen molar-refractivity contribution in [1.29, 1.82) is 0 Å². The number of rotatable bonds is 5. The number of nitrogens with one attached hydrogen (secondary N) is 1. The Bertz CT molecular complexity index is 761. The molecule has 5 nitrogen and oxygen atoms in total. The smallest absolute Gasteiger partial charge is 0.349 e. The van der Waals surface area contributed by atoms with E-state index in [-0.39, 0.29) is 5.91 Å². The molecule has 1 amide bonds. The molecule has 0 aliphatic heterocycles. The third kappa shape index (κ3) is 4.25. The highest BCUT2D eigenvalue weighted by atomic mass is 32.1. The van der Waals surface area contributed by atoms with Gasteiger partial charge in [-0.2, -0.15) is 0 Å². The van der Waals surface area contributed by atoms with Crippen LogP contribution in [0.1, 0.15) is 51.9 Å². The van der Waals surface area contributed by atoms with Crippen LogP contribution in [-0.2, 0) is 22.4 Å². The average molecular weight is 358 g/mol. The summed E-state index contributed by atoms with van der Waals surface area (Å²) in [5.41, 5.74) is 2.25. The Hall–Kier alpha value is -2.21. The molecule has 2 aromatic heterocycles. The second-order valence-corrected chi connectivity index (χ2v) is 7.41. The van der Waals surface area contributed by atoms with Crippen molar-refractivity contribution in [2.24, 2.45) is 0 Å². The summed E-state index contributed by atoms with van der Waals surface area (Å²) in [5, 5.41) is 2.72. The van der Waals surface area contributed by atoms with Crippen molar-refractivity contribution in [2.75, 3.05) is 5.32 Å². The van der Waals surface area contributed by atoms with Gasteiger partial charge in [-0.1, -0.05) is 6.92 Å². The van der Waals surface area contributed by atoms with Gasteiger partial charge >= 0.3 is 5.97 Å². The number of fused-ring (bicyclic) bond motifs is 1. The highest BCUT2D eigenvalue weighted by Crippen LogP contribution is 2.30. The number of anilines is 1. The summed E-state index contributed by atoms with van der Waals surface area (Å²) >= 11 is 1.49. The van der Waals surface area contributed by atoms with E-state index < -0.39 is 12.1 Å². The van der Waals surface area contributed by atoms with E-state index in [1.165, 1.54) is 34.6 Å². The van der Waals surface area contributed by atoms with Gasteiger partial charge in [-0.25, -0.2) is 9.78 Å². The SMILES string of the molecule is CCC(OC(=O)c1cc2c(s1)CCCC2)C(=O)Nc1cc(C)ccn1. The molecule has 25 heavy (non-hydrogen) atoms. The molecular formula is C19H22N2O3S. The molecule has 1 N–H and O–H groups in total. The van der Waals surface area contributed by atoms with Crippen LogP contribution >= 0.6 is 11.3 Å². The van der Waals surface area contributed by atoms with Crippen molar-refractivity contribution >= 4 is 29.0 Å². The Labute approximate surface area is 151 Å². The van der Waals surface area contributed by atoms with Crippen molar-refractivity contribution in [3.05, 3.63) is 45.3 Å². The number of pyridine rings is 1. The van der Waals surface area contributed by atoms with Gasteiger partial charge in [-0.15, -0.1) is 11.3 Å². The van der Waals surface area contributed by atoms with Gasteiger partial charge in [0.25, 0.3) is 5.91 Å². The van der Waals surface area contributed by atoms with E-state index in [0.29, 0.717) is 17.1 Å². The molecule has 1 aliphatic rings. The Kier molecular flexibility index (Phi) is 5.48. The minimum Gasteiger partial charge on any atom is -0.448 e. The third-order valence-corrected chi connectivity index (χ3v) is 5.49. The number of carbonyl (C=O) groups is 2. The first-order valence-corrected chi connectivity index (χ1v) is 9.44. The van der Waals surface area contributed by atoms with Gasteiger partial charge in [0, 0.05) is 11.1 Å². The lowest BCUT2D eigenvalue weighted by Crippen LogP contribution is -2.32. The van der Waals surface area contributed by atoms with Gasteiger partial charge in [0.2, 0.25) is 0 Å². The molecule has 1 unspecified atom stereocenters. The Balaban J connectivity index is 1.65. The molecule has 3 rings (SSSR count). The van der Waals surface area contributed by atoms with Crippen LogP contribution in [0.4, 0.5) is 5.82 Å². The largest absolute Gasteiger partial charge is 0.448 e. The molecule has 6 heteroatoms. The summed E-state index contributed by atoms with van der Waals surface area (Å²) < 4.78 is 5.46. The number of esters is 1. The maximum absolute atomic E-state index is 12.4. The van der Waals surface area contributed by atoms with E-state index in [4.69, 9.17) is 4.74 Å². The summed E-state index contributed by atoms with van der Waals surface area (Å²) in [6.07, 6.45) is 5.62. The van der Waals surface area contributed by atoms with E-state index in [2.05, 4.69) is 10.3 Å². The predicted octanol–water partition coefficient (Wildman–Crippen LogP) is 3.90. The summed E-state index contributed by atoms with van der Waals surface area (Å²) in [6, 6.07) is 5.56. The lowest BCUT2D eigenvalue weighted by atomic mass is 9.99. The molecule has 1 atom stereocenters. The minimum atomic E-state index is -0.825.